The van der Waals surface area contributed by atoms with E-state index in [2.05, 4.69) is 9.88 Å². The van der Waals surface area contributed by atoms with Crippen LogP contribution in [-0.2, 0) is 11.3 Å². The Morgan fingerprint density at radius 1 is 1.21 bits per heavy atom. The number of fused-ring (bicyclic) bond motifs is 1. The van der Waals surface area contributed by atoms with E-state index >= 15 is 0 Å². The Morgan fingerprint density at radius 3 is 2.86 bits per heavy atom. The van der Waals surface area contributed by atoms with E-state index in [9.17, 15) is 4.39 Å². The minimum Gasteiger partial charge on any atom is -0.497 e. The van der Waals surface area contributed by atoms with Crippen LogP contribution in [0, 0.1) is 5.82 Å². The third-order valence-electron chi connectivity index (χ3n) is 6.20. The molecule has 4 rings (SSSR count). The van der Waals surface area contributed by atoms with Crippen LogP contribution in [0.25, 0.3) is 0 Å². The number of ether oxygens (including phenoxy) is 3. The monoisotopic (exact) mass is 386 g/mol. The fourth-order valence-electron chi connectivity index (χ4n) is 4.66. The van der Waals surface area contributed by atoms with E-state index in [1.54, 1.807) is 32.5 Å². The highest BCUT2D eigenvalue weighted by Crippen LogP contribution is 2.44. The summed E-state index contributed by atoms with van der Waals surface area (Å²) in [7, 11) is 3.39. The van der Waals surface area contributed by atoms with Crippen molar-refractivity contribution >= 4 is 0 Å². The van der Waals surface area contributed by atoms with Crippen molar-refractivity contribution in [3.8, 4) is 11.6 Å². The molecule has 2 aliphatic rings. The molecule has 2 heterocycles. The van der Waals surface area contributed by atoms with Gasteiger partial charge in [-0.3, -0.25) is 4.90 Å². The molecule has 2 fully saturated rings. The number of likely N-dealkylation sites (tertiary alicyclic amines) is 1. The van der Waals surface area contributed by atoms with Crippen LogP contribution in [0.2, 0.25) is 0 Å². The van der Waals surface area contributed by atoms with E-state index in [0.29, 0.717) is 23.7 Å². The zero-order valence-electron chi connectivity index (χ0n) is 16.4. The molecule has 1 aromatic heterocycles. The number of methoxy groups -OCH3 is 2. The molecule has 5 nitrogen and oxygen atoms in total. The molecule has 1 saturated heterocycles. The zero-order chi connectivity index (χ0) is 19.6. The summed E-state index contributed by atoms with van der Waals surface area (Å²) in [5, 5.41) is 0. The number of aromatic nitrogens is 1. The number of rotatable bonds is 6. The van der Waals surface area contributed by atoms with Crippen LogP contribution in [0.1, 0.15) is 31.2 Å². The molecule has 1 aliphatic heterocycles. The summed E-state index contributed by atoms with van der Waals surface area (Å²) in [5.74, 6) is 1.13. The molecular weight excluding hydrogens is 359 g/mol. The molecule has 28 heavy (non-hydrogen) atoms. The first-order chi connectivity index (χ1) is 13.6. The first kappa shape index (κ1) is 19.2. The summed E-state index contributed by atoms with van der Waals surface area (Å²) < 4.78 is 31.8. The fraction of sp³-hybridized carbons (Fsp3) is 0.500. The lowest BCUT2D eigenvalue weighted by Gasteiger charge is -2.43. The van der Waals surface area contributed by atoms with Crippen molar-refractivity contribution in [2.24, 2.45) is 0 Å². The molecule has 0 N–H and O–H groups in total. The third kappa shape index (κ3) is 3.71. The van der Waals surface area contributed by atoms with Crippen molar-refractivity contribution in [3.05, 3.63) is 54.0 Å². The molecule has 0 spiro atoms. The molecule has 2 aromatic rings. The van der Waals surface area contributed by atoms with Crippen LogP contribution in [0.3, 0.4) is 0 Å². The van der Waals surface area contributed by atoms with Gasteiger partial charge in [0.1, 0.15) is 17.7 Å². The highest BCUT2D eigenvalue weighted by molar-refractivity contribution is 5.30. The van der Waals surface area contributed by atoms with Gasteiger partial charge in [0.15, 0.2) is 0 Å². The maximum absolute atomic E-state index is 14.4. The lowest BCUT2D eigenvalue weighted by Crippen LogP contribution is -2.52. The second-order valence-electron chi connectivity index (χ2n) is 7.64. The van der Waals surface area contributed by atoms with Crippen molar-refractivity contribution < 1.29 is 18.6 Å². The minimum atomic E-state index is -0.201. The predicted octanol–water partition coefficient (Wildman–Crippen LogP) is 3.82. The van der Waals surface area contributed by atoms with Crippen molar-refractivity contribution in [2.75, 3.05) is 20.8 Å². The molecule has 0 amide bonds. The van der Waals surface area contributed by atoms with Crippen molar-refractivity contribution in [1.82, 2.24) is 9.88 Å². The first-order valence-corrected chi connectivity index (χ1v) is 9.83. The van der Waals surface area contributed by atoms with Crippen molar-refractivity contribution in [3.63, 3.8) is 0 Å². The Balaban J connectivity index is 1.51. The van der Waals surface area contributed by atoms with E-state index in [4.69, 9.17) is 14.2 Å². The minimum absolute atomic E-state index is 0.0823. The van der Waals surface area contributed by atoms with Crippen molar-refractivity contribution in [2.45, 2.75) is 50.0 Å². The topological polar surface area (TPSA) is 43.8 Å². The summed E-state index contributed by atoms with van der Waals surface area (Å²) in [6.07, 6.45) is 5.49. The average molecular weight is 386 g/mol. The van der Waals surface area contributed by atoms with Crippen LogP contribution < -0.4 is 9.47 Å². The fourth-order valence-corrected chi connectivity index (χ4v) is 4.66. The van der Waals surface area contributed by atoms with Gasteiger partial charge in [0.2, 0.25) is 5.88 Å². The van der Waals surface area contributed by atoms with Gasteiger partial charge < -0.3 is 14.2 Å². The highest BCUT2D eigenvalue weighted by atomic mass is 19.1. The third-order valence-corrected chi connectivity index (χ3v) is 6.20. The number of hydrogen-bond acceptors (Lipinski definition) is 5. The number of halogens is 1. The van der Waals surface area contributed by atoms with E-state index in [1.807, 2.05) is 18.2 Å². The Hall–Kier alpha value is -2.18. The molecule has 1 saturated carbocycles. The Bertz CT molecular complexity index is 804. The summed E-state index contributed by atoms with van der Waals surface area (Å²) in [4.78, 5) is 6.61. The molecule has 0 unspecified atom stereocenters. The average Bonchev–Trinajstić information content (AvgIpc) is 3.09. The Kier molecular flexibility index (Phi) is 5.51. The second-order valence-corrected chi connectivity index (χ2v) is 7.64. The SMILES string of the molecule is COc1ccc(F)c(CN2CC[C@]3(OC)CC[C@H](Oc4ccccn4)C[C@H]23)c1. The number of benzene rings is 1. The van der Waals surface area contributed by atoms with Crippen molar-refractivity contribution in [1.29, 1.82) is 0 Å². The Labute approximate surface area is 165 Å². The maximum atomic E-state index is 14.4. The summed E-state index contributed by atoms with van der Waals surface area (Å²) in [6, 6.07) is 10.8. The highest BCUT2D eigenvalue weighted by Gasteiger charge is 2.51. The number of nitrogens with zero attached hydrogens (tertiary/aromatic N) is 2. The smallest absolute Gasteiger partial charge is 0.213 e. The number of hydrogen-bond donors (Lipinski definition) is 0. The van der Waals surface area contributed by atoms with E-state index in [1.165, 1.54) is 6.07 Å². The quantitative estimate of drug-likeness (QED) is 0.755. The largest absolute Gasteiger partial charge is 0.497 e. The van der Waals surface area contributed by atoms with Crippen LogP contribution in [0.15, 0.2) is 42.6 Å². The van der Waals surface area contributed by atoms with Gasteiger partial charge in [0.05, 0.1) is 12.7 Å². The molecule has 0 radical (unpaired) electrons. The van der Waals surface area contributed by atoms with Gasteiger partial charge in [0.25, 0.3) is 0 Å². The molecule has 0 bridgehead atoms. The molecule has 1 aliphatic carbocycles. The van der Waals surface area contributed by atoms with Gasteiger partial charge in [-0.1, -0.05) is 6.07 Å². The standard InChI is InChI=1S/C22H27FN2O3/c1-26-17-6-7-19(23)16(13-17)15-25-12-10-22(27-2)9-8-18(14-20(22)25)28-21-5-3-4-11-24-21/h3-7,11,13,18,20H,8-10,12,14-15H2,1-2H3/t18-,20-,22+/m0/s1. The van der Waals surface area contributed by atoms with Crippen LogP contribution >= 0.6 is 0 Å². The Morgan fingerprint density at radius 2 is 2.11 bits per heavy atom. The predicted molar refractivity (Wildman–Crippen MR) is 104 cm³/mol. The van der Waals surface area contributed by atoms with Crippen LogP contribution in [0.5, 0.6) is 11.6 Å². The first-order valence-electron chi connectivity index (χ1n) is 9.83. The normalized spacial score (nSPS) is 27.4. The second kappa shape index (κ2) is 8.05. The molecule has 6 heteroatoms. The molecular formula is C22H27FN2O3. The van der Waals surface area contributed by atoms with E-state index in [-0.39, 0.29) is 23.6 Å². The van der Waals surface area contributed by atoms with Gasteiger partial charge in [-0.2, -0.15) is 0 Å². The van der Waals surface area contributed by atoms with Gasteiger partial charge in [-0.05, 0) is 43.5 Å². The van der Waals surface area contributed by atoms with Gasteiger partial charge in [-0.25, -0.2) is 9.37 Å². The lowest BCUT2D eigenvalue weighted by atomic mass is 9.79. The van der Waals surface area contributed by atoms with E-state index < -0.39 is 0 Å². The molecule has 1 aromatic carbocycles. The van der Waals surface area contributed by atoms with E-state index in [0.717, 1.165) is 32.2 Å². The summed E-state index contributed by atoms with van der Waals surface area (Å²) >= 11 is 0. The number of pyridine rings is 1. The lowest BCUT2D eigenvalue weighted by molar-refractivity contribution is -0.0844. The van der Waals surface area contributed by atoms with Gasteiger partial charge in [0, 0.05) is 50.5 Å². The molecule has 150 valence electrons. The summed E-state index contributed by atoms with van der Waals surface area (Å²) in [5.41, 5.74) is 0.471. The van der Waals surface area contributed by atoms with Crippen LogP contribution in [0.4, 0.5) is 4.39 Å². The van der Waals surface area contributed by atoms with Gasteiger partial charge in [-0.15, -0.1) is 0 Å². The molecule has 3 atom stereocenters. The summed E-state index contributed by atoms with van der Waals surface area (Å²) in [6.45, 7) is 1.42. The maximum Gasteiger partial charge on any atom is 0.213 e. The van der Waals surface area contributed by atoms with Crippen LogP contribution in [-0.4, -0.2) is 48.4 Å². The zero-order valence-corrected chi connectivity index (χ0v) is 16.4. The van der Waals surface area contributed by atoms with Gasteiger partial charge >= 0.3 is 0 Å².